The average Bonchev–Trinajstić information content (AvgIpc) is 2.70. The number of sulfonamides is 1. The van der Waals surface area contributed by atoms with Crippen LogP contribution in [0.5, 0.6) is 0 Å². The van der Waals surface area contributed by atoms with E-state index in [0.29, 0.717) is 5.69 Å². The zero-order valence-corrected chi connectivity index (χ0v) is 15.8. The molecule has 0 aliphatic heterocycles. The molecule has 2 aromatic carbocycles. The molecular weight excluding hydrogens is 381 g/mol. The van der Waals surface area contributed by atoms with E-state index >= 15 is 0 Å². The van der Waals surface area contributed by atoms with Crippen LogP contribution in [0.3, 0.4) is 0 Å². The van der Waals surface area contributed by atoms with Crippen molar-refractivity contribution in [1.29, 1.82) is 0 Å². The van der Waals surface area contributed by atoms with Crippen molar-refractivity contribution in [2.45, 2.75) is 17.9 Å². The van der Waals surface area contributed by atoms with Gasteiger partial charge in [0.25, 0.3) is 15.9 Å². The van der Waals surface area contributed by atoms with Gasteiger partial charge in [0, 0.05) is 17.4 Å². The molecule has 0 fully saturated rings. The molecule has 28 heavy (non-hydrogen) atoms. The molecule has 0 saturated heterocycles. The number of anilines is 1. The average molecular weight is 399 g/mol. The zero-order valence-electron chi connectivity index (χ0n) is 15.0. The molecule has 8 heteroatoms. The normalized spacial score (nSPS) is 12.2. The number of hydrogen-bond donors (Lipinski definition) is 2. The van der Waals surface area contributed by atoms with Crippen LogP contribution in [0, 0.1) is 5.82 Å². The Balaban J connectivity index is 1.77. The second-order valence-electron chi connectivity index (χ2n) is 6.09. The van der Waals surface area contributed by atoms with Crippen molar-refractivity contribution in [2.75, 3.05) is 4.72 Å². The summed E-state index contributed by atoms with van der Waals surface area (Å²) in [5.41, 5.74) is 1.11. The highest BCUT2D eigenvalue weighted by Gasteiger charge is 2.18. The Bertz CT molecular complexity index is 1070. The van der Waals surface area contributed by atoms with Crippen LogP contribution in [0.25, 0.3) is 0 Å². The highest BCUT2D eigenvalue weighted by atomic mass is 32.2. The number of nitrogens with one attached hydrogen (secondary N) is 2. The lowest BCUT2D eigenvalue weighted by Crippen LogP contribution is -2.27. The van der Waals surface area contributed by atoms with Gasteiger partial charge in [0.15, 0.2) is 0 Å². The Hall–Kier alpha value is -3.26. The van der Waals surface area contributed by atoms with Gasteiger partial charge in [-0.3, -0.25) is 14.5 Å². The molecule has 2 N–H and O–H groups in total. The van der Waals surface area contributed by atoms with Crippen LogP contribution in [-0.2, 0) is 10.0 Å². The summed E-state index contributed by atoms with van der Waals surface area (Å²) in [7, 11) is -3.93. The van der Waals surface area contributed by atoms with Gasteiger partial charge >= 0.3 is 0 Å². The number of hydrogen-bond acceptors (Lipinski definition) is 4. The minimum Gasteiger partial charge on any atom is -0.344 e. The highest BCUT2D eigenvalue weighted by molar-refractivity contribution is 7.92. The Kier molecular flexibility index (Phi) is 5.70. The summed E-state index contributed by atoms with van der Waals surface area (Å²) in [6.07, 6.45) is 1.63. The van der Waals surface area contributed by atoms with Crippen LogP contribution in [0.2, 0.25) is 0 Å². The molecule has 1 unspecified atom stereocenters. The fourth-order valence-corrected chi connectivity index (χ4v) is 3.63. The van der Waals surface area contributed by atoms with Crippen molar-refractivity contribution in [3.63, 3.8) is 0 Å². The summed E-state index contributed by atoms with van der Waals surface area (Å²) in [6, 6.07) is 15.7. The minimum absolute atomic E-state index is 0.0741. The predicted octanol–water partition coefficient (Wildman–Crippen LogP) is 3.51. The van der Waals surface area contributed by atoms with E-state index in [1.807, 2.05) is 6.07 Å². The summed E-state index contributed by atoms with van der Waals surface area (Å²) in [5.74, 6) is -0.888. The van der Waals surface area contributed by atoms with Crippen LogP contribution >= 0.6 is 0 Å². The number of halogens is 1. The largest absolute Gasteiger partial charge is 0.344 e. The molecule has 1 aromatic heterocycles. The molecule has 3 rings (SSSR count). The number of carbonyl (C=O) groups is 1. The van der Waals surface area contributed by atoms with E-state index in [1.165, 1.54) is 36.4 Å². The van der Waals surface area contributed by atoms with Crippen molar-refractivity contribution >= 4 is 21.6 Å². The van der Waals surface area contributed by atoms with Gasteiger partial charge in [0.1, 0.15) is 5.82 Å². The second kappa shape index (κ2) is 8.18. The van der Waals surface area contributed by atoms with Crippen LogP contribution in [0.15, 0.2) is 77.8 Å². The Morgan fingerprint density at radius 1 is 1.04 bits per heavy atom. The molecule has 0 aliphatic carbocycles. The summed E-state index contributed by atoms with van der Waals surface area (Å²) >= 11 is 0. The Labute approximate surface area is 162 Å². The minimum atomic E-state index is -3.93. The van der Waals surface area contributed by atoms with Crippen molar-refractivity contribution in [3.05, 3.63) is 90.0 Å². The number of rotatable bonds is 6. The molecule has 0 bridgehead atoms. The molecule has 3 aromatic rings. The van der Waals surface area contributed by atoms with E-state index in [4.69, 9.17) is 0 Å². The van der Waals surface area contributed by atoms with E-state index in [-0.39, 0.29) is 22.2 Å². The number of benzene rings is 2. The van der Waals surface area contributed by atoms with Gasteiger partial charge in [0.05, 0.1) is 16.6 Å². The molecule has 6 nitrogen and oxygen atoms in total. The molecule has 144 valence electrons. The number of nitrogens with zero attached hydrogens (tertiary/aromatic N) is 1. The maximum absolute atomic E-state index is 13.0. The maximum Gasteiger partial charge on any atom is 0.261 e. The van der Waals surface area contributed by atoms with Crippen LogP contribution in [0.1, 0.15) is 29.0 Å². The number of aromatic nitrogens is 1. The third kappa shape index (κ3) is 4.72. The van der Waals surface area contributed by atoms with Crippen molar-refractivity contribution in [3.8, 4) is 0 Å². The molecule has 1 amide bonds. The van der Waals surface area contributed by atoms with Gasteiger partial charge in [-0.2, -0.15) is 0 Å². The van der Waals surface area contributed by atoms with Gasteiger partial charge in [-0.1, -0.05) is 12.1 Å². The summed E-state index contributed by atoms with van der Waals surface area (Å²) in [6.45, 7) is 1.79. The van der Waals surface area contributed by atoms with E-state index < -0.39 is 21.7 Å². The number of amides is 1. The smallest absolute Gasteiger partial charge is 0.261 e. The van der Waals surface area contributed by atoms with Crippen LogP contribution < -0.4 is 10.0 Å². The number of pyridine rings is 1. The van der Waals surface area contributed by atoms with E-state index in [0.717, 1.165) is 12.1 Å². The van der Waals surface area contributed by atoms with Gasteiger partial charge in [0.2, 0.25) is 0 Å². The molecular formula is C20H18FN3O3S. The zero-order chi connectivity index (χ0) is 20.1. The number of carbonyl (C=O) groups excluding carboxylic acids is 1. The monoisotopic (exact) mass is 399 g/mol. The molecule has 0 aliphatic rings. The van der Waals surface area contributed by atoms with Crippen molar-refractivity contribution in [2.24, 2.45) is 0 Å². The predicted molar refractivity (Wildman–Crippen MR) is 104 cm³/mol. The SMILES string of the molecule is CC(NC(=O)c1cccc(S(=O)(=O)Nc2ccc(F)cc2)c1)c1ccccn1. The van der Waals surface area contributed by atoms with Crippen molar-refractivity contribution < 1.29 is 17.6 Å². The molecule has 0 radical (unpaired) electrons. The van der Waals surface area contributed by atoms with Gasteiger partial charge in [-0.15, -0.1) is 0 Å². The lowest BCUT2D eigenvalue weighted by atomic mass is 10.1. The second-order valence-corrected chi connectivity index (χ2v) is 7.77. The summed E-state index contributed by atoms with van der Waals surface area (Å²) < 4.78 is 40.5. The first-order valence-corrected chi connectivity index (χ1v) is 9.94. The van der Waals surface area contributed by atoms with E-state index in [9.17, 15) is 17.6 Å². The fraction of sp³-hybridized carbons (Fsp3) is 0.100. The first kappa shape index (κ1) is 19.5. The quantitative estimate of drug-likeness (QED) is 0.664. The van der Waals surface area contributed by atoms with Gasteiger partial charge < -0.3 is 5.32 Å². The van der Waals surface area contributed by atoms with Crippen molar-refractivity contribution in [1.82, 2.24) is 10.3 Å². The Morgan fingerprint density at radius 2 is 1.79 bits per heavy atom. The van der Waals surface area contributed by atoms with E-state index in [2.05, 4.69) is 15.0 Å². The first-order chi connectivity index (χ1) is 13.3. The third-order valence-corrected chi connectivity index (χ3v) is 5.36. The third-order valence-electron chi connectivity index (χ3n) is 3.98. The molecule has 1 atom stereocenters. The maximum atomic E-state index is 13.0. The van der Waals surface area contributed by atoms with E-state index in [1.54, 1.807) is 25.3 Å². The van der Waals surface area contributed by atoms with Gasteiger partial charge in [-0.25, -0.2) is 12.8 Å². The van der Waals surface area contributed by atoms with Crippen LogP contribution in [0.4, 0.5) is 10.1 Å². The standard InChI is InChI=1S/C20H18FN3O3S/c1-14(19-7-2-3-12-22-19)23-20(25)15-5-4-6-18(13-15)28(26,27)24-17-10-8-16(21)9-11-17/h2-14,24H,1H3,(H,23,25). The summed E-state index contributed by atoms with van der Waals surface area (Å²) in [5, 5.41) is 2.79. The molecule has 0 spiro atoms. The van der Waals surface area contributed by atoms with Crippen LogP contribution in [-0.4, -0.2) is 19.3 Å². The lowest BCUT2D eigenvalue weighted by Gasteiger charge is -2.14. The lowest BCUT2D eigenvalue weighted by molar-refractivity contribution is 0.0939. The Morgan fingerprint density at radius 3 is 2.46 bits per heavy atom. The topological polar surface area (TPSA) is 88.2 Å². The highest BCUT2D eigenvalue weighted by Crippen LogP contribution is 2.18. The molecule has 1 heterocycles. The summed E-state index contributed by atoms with van der Waals surface area (Å²) in [4.78, 5) is 16.6. The first-order valence-electron chi connectivity index (χ1n) is 8.45. The molecule has 0 saturated carbocycles. The fourth-order valence-electron chi connectivity index (χ4n) is 2.52. The van der Waals surface area contributed by atoms with Gasteiger partial charge in [-0.05, 0) is 61.5 Å².